The number of hydrogen-bond donors (Lipinski definition) is 2. The van der Waals surface area contributed by atoms with Crippen molar-refractivity contribution in [3.63, 3.8) is 0 Å². The normalized spacial score (nSPS) is 14.9. The lowest BCUT2D eigenvalue weighted by Crippen LogP contribution is -2.29. The first-order valence-electron chi connectivity index (χ1n) is 6.07. The second-order valence-electron chi connectivity index (χ2n) is 4.43. The van der Waals surface area contributed by atoms with Crippen molar-refractivity contribution in [2.45, 2.75) is 25.3 Å². The highest BCUT2D eigenvalue weighted by Gasteiger charge is 2.18. The fourth-order valence-corrected chi connectivity index (χ4v) is 2.20. The first kappa shape index (κ1) is 12.8. The number of anilines is 1. The Morgan fingerprint density at radius 2 is 2.44 bits per heavy atom. The summed E-state index contributed by atoms with van der Waals surface area (Å²) in [6.07, 6.45) is 3.06. The van der Waals surface area contributed by atoms with Crippen molar-refractivity contribution in [2.75, 3.05) is 25.6 Å². The topological polar surface area (TPSA) is 78.2 Å². The first-order valence-corrected chi connectivity index (χ1v) is 6.07. The smallest absolute Gasteiger partial charge is 0.144 e. The fourth-order valence-electron chi connectivity index (χ4n) is 2.20. The van der Waals surface area contributed by atoms with Crippen LogP contribution in [0.2, 0.25) is 0 Å². The van der Waals surface area contributed by atoms with Gasteiger partial charge in [-0.1, -0.05) is 0 Å². The molecule has 0 saturated heterocycles. The Hall–Kier alpha value is -1.64. The van der Waals surface area contributed by atoms with Gasteiger partial charge in [0, 0.05) is 12.8 Å². The van der Waals surface area contributed by atoms with E-state index in [1.807, 2.05) is 6.07 Å². The number of methoxy groups -OCH3 is 1. The standard InChI is InChI=1S/C13H17N3O2/c1-18-8-11(7-17)15-13-10(6-14)5-9-3-2-4-12(9)16-13/h5,11,17H,2-4,7-8H2,1H3,(H,15,16). The molecule has 18 heavy (non-hydrogen) atoms. The second-order valence-corrected chi connectivity index (χ2v) is 4.43. The van der Waals surface area contributed by atoms with Gasteiger partial charge in [-0.2, -0.15) is 5.26 Å². The van der Waals surface area contributed by atoms with Crippen LogP contribution in [0.15, 0.2) is 6.07 Å². The Bertz CT molecular complexity index is 468. The summed E-state index contributed by atoms with van der Waals surface area (Å²) in [5.74, 6) is 0.550. The van der Waals surface area contributed by atoms with Crippen LogP contribution in [0.25, 0.3) is 0 Å². The van der Waals surface area contributed by atoms with E-state index in [9.17, 15) is 5.11 Å². The molecule has 0 radical (unpaired) electrons. The molecule has 0 spiro atoms. The van der Waals surface area contributed by atoms with Crippen LogP contribution < -0.4 is 5.32 Å². The number of hydrogen-bond acceptors (Lipinski definition) is 5. The molecule has 0 aliphatic heterocycles. The molecule has 1 aromatic rings. The van der Waals surface area contributed by atoms with Crippen molar-refractivity contribution in [3.05, 3.63) is 22.9 Å². The van der Waals surface area contributed by atoms with Gasteiger partial charge in [-0.25, -0.2) is 4.98 Å². The van der Waals surface area contributed by atoms with Crippen LogP contribution in [-0.2, 0) is 17.6 Å². The number of fused-ring (bicyclic) bond motifs is 1. The van der Waals surface area contributed by atoms with Gasteiger partial charge >= 0.3 is 0 Å². The zero-order valence-corrected chi connectivity index (χ0v) is 10.4. The zero-order valence-electron chi connectivity index (χ0n) is 10.4. The minimum Gasteiger partial charge on any atom is -0.394 e. The van der Waals surface area contributed by atoms with Crippen molar-refractivity contribution in [3.8, 4) is 6.07 Å². The maximum atomic E-state index is 9.22. The molecular formula is C13H17N3O2. The number of ether oxygens (including phenoxy) is 1. The Morgan fingerprint density at radius 1 is 1.61 bits per heavy atom. The third-order valence-corrected chi connectivity index (χ3v) is 3.10. The van der Waals surface area contributed by atoms with Crippen molar-refractivity contribution in [1.82, 2.24) is 4.98 Å². The predicted molar refractivity (Wildman–Crippen MR) is 67.3 cm³/mol. The molecule has 0 fully saturated rings. The molecule has 2 rings (SSSR count). The van der Waals surface area contributed by atoms with Crippen molar-refractivity contribution >= 4 is 5.82 Å². The van der Waals surface area contributed by atoms with Gasteiger partial charge in [0.2, 0.25) is 0 Å². The maximum absolute atomic E-state index is 9.22. The van der Waals surface area contributed by atoms with Crippen molar-refractivity contribution in [1.29, 1.82) is 5.26 Å². The average Bonchev–Trinajstić information content (AvgIpc) is 2.84. The first-order chi connectivity index (χ1) is 8.78. The summed E-state index contributed by atoms with van der Waals surface area (Å²) >= 11 is 0. The number of nitriles is 1. The van der Waals surface area contributed by atoms with Crippen LogP contribution in [0.3, 0.4) is 0 Å². The van der Waals surface area contributed by atoms with Gasteiger partial charge in [-0.3, -0.25) is 0 Å². The number of nitrogens with zero attached hydrogens (tertiary/aromatic N) is 2. The number of aryl methyl sites for hydroxylation is 2. The van der Waals surface area contributed by atoms with E-state index in [4.69, 9.17) is 10.00 Å². The van der Waals surface area contributed by atoms with Crippen LogP contribution in [0.5, 0.6) is 0 Å². The molecule has 0 bridgehead atoms. The third-order valence-electron chi connectivity index (χ3n) is 3.10. The summed E-state index contributed by atoms with van der Waals surface area (Å²) in [6, 6.07) is 3.81. The van der Waals surface area contributed by atoms with Gasteiger partial charge in [0.25, 0.3) is 0 Å². The van der Waals surface area contributed by atoms with Crippen molar-refractivity contribution < 1.29 is 9.84 Å². The van der Waals surface area contributed by atoms with E-state index in [0.29, 0.717) is 18.0 Å². The van der Waals surface area contributed by atoms with E-state index in [-0.39, 0.29) is 12.6 Å². The number of rotatable bonds is 5. The summed E-state index contributed by atoms with van der Waals surface area (Å²) in [5, 5.41) is 21.4. The molecule has 5 heteroatoms. The summed E-state index contributed by atoms with van der Waals surface area (Å²) in [5.41, 5.74) is 2.76. The lowest BCUT2D eigenvalue weighted by atomic mass is 10.1. The van der Waals surface area contributed by atoms with Crippen LogP contribution >= 0.6 is 0 Å². The molecule has 2 N–H and O–H groups in total. The van der Waals surface area contributed by atoms with E-state index in [1.54, 1.807) is 7.11 Å². The Labute approximate surface area is 106 Å². The van der Waals surface area contributed by atoms with E-state index in [1.165, 1.54) is 5.56 Å². The summed E-state index contributed by atoms with van der Waals surface area (Å²) in [7, 11) is 1.58. The SMILES string of the molecule is COCC(CO)Nc1nc2c(cc1C#N)CCC2. The Kier molecular flexibility index (Phi) is 4.13. The van der Waals surface area contributed by atoms with Crippen molar-refractivity contribution in [2.24, 2.45) is 0 Å². The van der Waals surface area contributed by atoms with Gasteiger partial charge in [-0.15, -0.1) is 0 Å². The monoisotopic (exact) mass is 247 g/mol. The minimum atomic E-state index is -0.242. The van der Waals surface area contributed by atoms with Gasteiger partial charge in [-0.05, 0) is 30.9 Å². The lowest BCUT2D eigenvalue weighted by Gasteiger charge is -2.17. The maximum Gasteiger partial charge on any atom is 0.144 e. The number of aliphatic hydroxyl groups is 1. The number of nitrogens with one attached hydrogen (secondary N) is 1. The van der Waals surface area contributed by atoms with Crippen LogP contribution in [0, 0.1) is 11.3 Å². The minimum absolute atomic E-state index is 0.0581. The van der Waals surface area contributed by atoms with Gasteiger partial charge in [0.15, 0.2) is 0 Å². The van der Waals surface area contributed by atoms with Gasteiger partial charge < -0.3 is 15.2 Å². The van der Waals surface area contributed by atoms with Crippen LogP contribution in [-0.4, -0.2) is 36.5 Å². The average molecular weight is 247 g/mol. The second kappa shape index (κ2) is 5.80. The largest absolute Gasteiger partial charge is 0.394 e. The molecule has 1 aliphatic carbocycles. The molecule has 1 aromatic heterocycles. The van der Waals surface area contributed by atoms with Crippen LogP contribution in [0.4, 0.5) is 5.82 Å². The Morgan fingerprint density at radius 3 is 3.11 bits per heavy atom. The quantitative estimate of drug-likeness (QED) is 0.807. The van der Waals surface area contributed by atoms with E-state index >= 15 is 0 Å². The molecular weight excluding hydrogens is 230 g/mol. The summed E-state index contributed by atoms with van der Waals surface area (Å²) < 4.78 is 5.00. The summed E-state index contributed by atoms with van der Waals surface area (Å²) in [6.45, 7) is 0.317. The molecule has 0 saturated carbocycles. The molecule has 1 heterocycles. The molecule has 0 amide bonds. The summed E-state index contributed by atoms with van der Waals surface area (Å²) in [4.78, 5) is 4.49. The number of aromatic nitrogens is 1. The Balaban J connectivity index is 2.24. The third kappa shape index (κ3) is 2.61. The van der Waals surface area contributed by atoms with E-state index < -0.39 is 0 Å². The highest BCUT2D eigenvalue weighted by molar-refractivity contribution is 5.55. The molecule has 0 aromatic carbocycles. The molecule has 96 valence electrons. The van der Waals surface area contributed by atoms with E-state index in [0.717, 1.165) is 25.0 Å². The highest BCUT2D eigenvalue weighted by atomic mass is 16.5. The number of pyridine rings is 1. The lowest BCUT2D eigenvalue weighted by molar-refractivity contribution is 0.153. The van der Waals surface area contributed by atoms with E-state index in [2.05, 4.69) is 16.4 Å². The molecule has 1 atom stereocenters. The fraction of sp³-hybridized carbons (Fsp3) is 0.538. The molecule has 1 aliphatic rings. The predicted octanol–water partition coefficient (Wildman–Crippen LogP) is 0.861. The molecule has 1 unspecified atom stereocenters. The highest BCUT2D eigenvalue weighted by Crippen LogP contribution is 2.25. The number of aliphatic hydroxyl groups excluding tert-OH is 1. The van der Waals surface area contributed by atoms with Gasteiger partial charge in [0.1, 0.15) is 11.9 Å². The molecule has 5 nitrogen and oxygen atoms in total. The van der Waals surface area contributed by atoms with Gasteiger partial charge in [0.05, 0.1) is 24.8 Å². The zero-order chi connectivity index (χ0) is 13.0. The van der Waals surface area contributed by atoms with Crippen LogP contribution in [0.1, 0.15) is 23.2 Å².